The number of carbonyl (C=O) groups excluding carboxylic acids is 3. The van der Waals surface area contributed by atoms with E-state index >= 15 is 0 Å². The Labute approximate surface area is 193 Å². The maximum absolute atomic E-state index is 13.0. The number of nitrogens with one attached hydrogen (secondary N) is 1. The van der Waals surface area contributed by atoms with E-state index in [1.165, 1.54) is 6.92 Å². The highest BCUT2D eigenvalue weighted by Crippen LogP contribution is 2.31. The van der Waals surface area contributed by atoms with Crippen LogP contribution in [0.1, 0.15) is 38.9 Å². The van der Waals surface area contributed by atoms with Gasteiger partial charge in [-0.05, 0) is 61.4 Å². The molecule has 7 heteroatoms. The number of anilines is 3. The van der Waals surface area contributed by atoms with Gasteiger partial charge in [0.25, 0.3) is 5.91 Å². The molecule has 4 rings (SSSR count). The molecule has 0 radical (unpaired) electrons. The van der Waals surface area contributed by atoms with Crippen molar-refractivity contribution in [2.45, 2.75) is 19.8 Å². The second-order valence-corrected chi connectivity index (χ2v) is 8.27. The zero-order chi connectivity index (χ0) is 23.5. The van der Waals surface area contributed by atoms with E-state index in [0.29, 0.717) is 29.0 Å². The van der Waals surface area contributed by atoms with Crippen LogP contribution < -0.4 is 15.1 Å². The molecule has 2 heterocycles. The van der Waals surface area contributed by atoms with E-state index in [2.05, 4.69) is 10.3 Å². The summed E-state index contributed by atoms with van der Waals surface area (Å²) in [4.78, 5) is 45.4. The van der Waals surface area contributed by atoms with Gasteiger partial charge in [0, 0.05) is 55.2 Å². The van der Waals surface area contributed by atoms with Gasteiger partial charge in [0.05, 0.1) is 12.0 Å². The number of Topliss-reactive ketones (excluding diaryl/α,β-unsaturated/α-hetero) is 1. The minimum atomic E-state index is -0.255. The van der Waals surface area contributed by atoms with Gasteiger partial charge in [0.1, 0.15) is 0 Å². The molecule has 1 aliphatic heterocycles. The van der Waals surface area contributed by atoms with E-state index in [1.54, 1.807) is 29.3 Å². The first-order valence-corrected chi connectivity index (χ1v) is 10.8. The highest BCUT2D eigenvalue weighted by atomic mass is 16.2. The van der Waals surface area contributed by atoms with E-state index in [9.17, 15) is 14.4 Å². The lowest BCUT2D eigenvalue weighted by molar-refractivity contribution is -0.117. The number of rotatable bonds is 6. The standard InChI is InChI=1S/C26H26N4O3/c1-17(31)18-7-9-22(24(15-18)29(2)3)26(33)28-21-8-10-23-19(14-21)11-13-30(23)25(32)16-20-6-4-5-12-27-20/h4-10,12,14-15H,11,13,16H2,1-3H3,(H,28,33). The van der Waals surface area contributed by atoms with Gasteiger partial charge in [-0.25, -0.2) is 0 Å². The van der Waals surface area contributed by atoms with Crippen molar-refractivity contribution >= 4 is 34.7 Å². The number of nitrogens with zero attached hydrogens (tertiary/aromatic N) is 3. The van der Waals surface area contributed by atoms with Crippen molar-refractivity contribution in [2.24, 2.45) is 0 Å². The van der Waals surface area contributed by atoms with Crippen molar-refractivity contribution in [3.05, 3.63) is 83.2 Å². The Hall–Kier alpha value is -4.00. The maximum Gasteiger partial charge on any atom is 0.257 e. The normalized spacial score (nSPS) is 12.3. The van der Waals surface area contributed by atoms with Gasteiger partial charge in [-0.2, -0.15) is 0 Å². The number of benzene rings is 2. The predicted octanol–water partition coefficient (Wildman–Crippen LogP) is 3.73. The second-order valence-electron chi connectivity index (χ2n) is 8.27. The number of hydrogen-bond acceptors (Lipinski definition) is 5. The molecular weight excluding hydrogens is 416 g/mol. The number of aromatic nitrogens is 1. The minimum absolute atomic E-state index is 0.00502. The highest BCUT2D eigenvalue weighted by molar-refractivity contribution is 6.09. The third-order valence-corrected chi connectivity index (χ3v) is 5.72. The molecule has 0 aliphatic carbocycles. The van der Waals surface area contributed by atoms with E-state index in [4.69, 9.17) is 0 Å². The van der Waals surface area contributed by atoms with Crippen LogP contribution in [0.2, 0.25) is 0 Å². The summed E-state index contributed by atoms with van der Waals surface area (Å²) in [6.07, 6.45) is 2.66. The van der Waals surface area contributed by atoms with Gasteiger partial charge in [-0.3, -0.25) is 19.4 Å². The Bertz CT molecular complexity index is 1220. The summed E-state index contributed by atoms with van der Waals surface area (Å²) in [5.74, 6) is -0.300. The first-order chi connectivity index (χ1) is 15.8. The van der Waals surface area contributed by atoms with Crippen LogP contribution in [0.5, 0.6) is 0 Å². The Morgan fingerprint density at radius 2 is 1.88 bits per heavy atom. The van der Waals surface area contributed by atoms with Crippen molar-refractivity contribution in [1.29, 1.82) is 0 Å². The Balaban J connectivity index is 1.51. The van der Waals surface area contributed by atoms with E-state index in [-0.39, 0.29) is 24.0 Å². The summed E-state index contributed by atoms with van der Waals surface area (Å²) in [7, 11) is 3.67. The molecule has 0 atom stereocenters. The van der Waals surface area contributed by atoms with Gasteiger partial charge in [-0.15, -0.1) is 0 Å². The molecule has 0 bridgehead atoms. The van der Waals surface area contributed by atoms with Crippen molar-refractivity contribution in [3.8, 4) is 0 Å². The fraction of sp³-hybridized carbons (Fsp3) is 0.231. The molecule has 168 valence electrons. The summed E-state index contributed by atoms with van der Waals surface area (Å²) < 4.78 is 0. The molecule has 0 fully saturated rings. The van der Waals surface area contributed by atoms with Crippen LogP contribution in [0.4, 0.5) is 17.1 Å². The number of ketones is 1. The average molecular weight is 443 g/mol. The Kier molecular flexibility index (Phi) is 6.22. The topological polar surface area (TPSA) is 82.6 Å². The highest BCUT2D eigenvalue weighted by Gasteiger charge is 2.25. The first-order valence-electron chi connectivity index (χ1n) is 10.8. The van der Waals surface area contributed by atoms with Gasteiger partial charge in [-0.1, -0.05) is 12.1 Å². The molecule has 1 aliphatic rings. The van der Waals surface area contributed by atoms with Crippen LogP contribution >= 0.6 is 0 Å². The molecular formula is C26H26N4O3. The lowest BCUT2D eigenvalue weighted by Gasteiger charge is -2.19. The van der Waals surface area contributed by atoms with E-state index in [1.807, 2.05) is 55.4 Å². The maximum atomic E-state index is 13.0. The Morgan fingerprint density at radius 1 is 1.06 bits per heavy atom. The molecule has 0 saturated carbocycles. The monoisotopic (exact) mass is 442 g/mol. The number of pyridine rings is 1. The second kappa shape index (κ2) is 9.24. The van der Waals surface area contributed by atoms with Gasteiger partial charge < -0.3 is 15.1 Å². The van der Waals surface area contributed by atoms with Crippen LogP contribution in [-0.4, -0.2) is 43.2 Å². The average Bonchev–Trinajstić information content (AvgIpc) is 3.22. The van der Waals surface area contributed by atoms with Crippen molar-refractivity contribution in [2.75, 3.05) is 35.8 Å². The molecule has 0 spiro atoms. The fourth-order valence-corrected chi connectivity index (χ4v) is 4.00. The summed E-state index contributed by atoms with van der Waals surface area (Å²) in [6.45, 7) is 2.11. The molecule has 1 aromatic heterocycles. The third kappa shape index (κ3) is 4.77. The van der Waals surface area contributed by atoms with Crippen LogP contribution in [0.15, 0.2) is 60.8 Å². The Morgan fingerprint density at radius 3 is 2.58 bits per heavy atom. The van der Waals surface area contributed by atoms with Crippen LogP contribution in [0.25, 0.3) is 0 Å². The molecule has 0 unspecified atom stereocenters. The molecule has 3 aromatic rings. The molecule has 2 amide bonds. The van der Waals surface area contributed by atoms with Crippen LogP contribution in [-0.2, 0) is 17.6 Å². The van der Waals surface area contributed by atoms with Crippen LogP contribution in [0.3, 0.4) is 0 Å². The van der Waals surface area contributed by atoms with Crippen molar-refractivity contribution in [1.82, 2.24) is 4.98 Å². The lowest BCUT2D eigenvalue weighted by Crippen LogP contribution is -2.30. The minimum Gasteiger partial charge on any atom is -0.377 e. The summed E-state index contributed by atoms with van der Waals surface area (Å²) in [6, 6.07) is 16.2. The number of hydrogen-bond donors (Lipinski definition) is 1. The van der Waals surface area contributed by atoms with E-state index < -0.39 is 0 Å². The predicted molar refractivity (Wildman–Crippen MR) is 129 cm³/mol. The summed E-state index contributed by atoms with van der Waals surface area (Å²) in [5, 5.41) is 2.95. The smallest absolute Gasteiger partial charge is 0.257 e. The van der Waals surface area contributed by atoms with E-state index in [0.717, 1.165) is 23.4 Å². The van der Waals surface area contributed by atoms with Gasteiger partial charge in [0.15, 0.2) is 5.78 Å². The summed E-state index contributed by atoms with van der Waals surface area (Å²) >= 11 is 0. The zero-order valence-corrected chi connectivity index (χ0v) is 19.0. The number of fused-ring (bicyclic) bond motifs is 1. The largest absolute Gasteiger partial charge is 0.377 e. The molecule has 33 heavy (non-hydrogen) atoms. The van der Waals surface area contributed by atoms with Gasteiger partial charge >= 0.3 is 0 Å². The molecule has 1 N–H and O–H groups in total. The fourth-order valence-electron chi connectivity index (χ4n) is 4.00. The number of amides is 2. The number of carbonyl (C=O) groups is 3. The molecule has 2 aromatic carbocycles. The molecule has 0 saturated heterocycles. The quantitative estimate of drug-likeness (QED) is 0.588. The van der Waals surface area contributed by atoms with Crippen molar-refractivity contribution < 1.29 is 14.4 Å². The first kappa shape index (κ1) is 22.2. The lowest BCUT2D eigenvalue weighted by atomic mass is 10.0. The zero-order valence-electron chi connectivity index (χ0n) is 19.0. The summed E-state index contributed by atoms with van der Waals surface area (Å²) in [5.41, 5.74) is 5.01. The van der Waals surface area contributed by atoms with Crippen LogP contribution in [0, 0.1) is 0 Å². The van der Waals surface area contributed by atoms with Gasteiger partial charge in [0.2, 0.25) is 5.91 Å². The SMILES string of the molecule is CC(=O)c1ccc(C(=O)Nc2ccc3c(c2)CCN3C(=O)Cc2ccccn2)c(N(C)C)c1. The van der Waals surface area contributed by atoms with Crippen molar-refractivity contribution in [3.63, 3.8) is 0 Å². The molecule has 7 nitrogen and oxygen atoms in total. The third-order valence-electron chi connectivity index (χ3n) is 5.72.